The van der Waals surface area contributed by atoms with E-state index in [2.05, 4.69) is 31.4 Å². The van der Waals surface area contributed by atoms with Gasteiger partial charge >= 0.3 is 0 Å². The maximum absolute atomic E-state index is 12.9. The van der Waals surface area contributed by atoms with E-state index in [1.807, 2.05) is 19.2 Å². The summed E-state index contributed by atoms with van der Waals surface area (Å²) in [4.78, 5) is 36.4. The Kier molecular flexibility index (Phi) is 6.38. The third-order valence-electron chi connectivity index (χ3n) is 5.11. The van der Waals surface area contributed by atoms with Crippen molar-refractivity contribution in [3.63, 3.8) is 0 Å². The first-order valence-corrected chi connectivity index (χ1v) is 10.5. The SMILES string of the molecule is C#Cc1ccc(NC(=O)c2cc(Cl)ccc2NC(=O)c2ccc(C3=NCCN3C)cc2)nc1. The maximum atomic E-state index is 12.9. The monoisotopic (exact) mass is 457 g/mol. The highest BCUT2D eigenvalue weighted by Crippen LogP contribution is 2.23. The van der Waals surface area contributed by atoms with Crippen molar-refractivity contribution >= 4 is 40.8 Å². The molecule has 164 valence electrons. The molecule has 0 atom stereocenters. The number of pyridine rings is 1. The van der Waals surface area contributed by atoms with E-state index >= 15 is 0 Å². The molecule has 0 fully saturated rings. The van der Waals surface area contributed by atoms with Gasteiger partial charge in [0.1, 0.15) is 11.7 Å². The maximum Gasteiger partial charge on any atom is 0.258 e. The van der Waals surface area contributed by atoms with Gasteiger partial charge in [0.2, 0.25) is 0 Å². The van der Waals surface area contributed by atoms with Crippen molar-refractivity contribution < 1.29 is 9.59 Å². The van der Waals surface area contributed by atoms with Crippen molar-refractivity contribution in [1.29, 1.82) is 0 Å². The number of aliphatic imine (C=N–C) groups is 1. The molecular weight excluding hydrogens is 438 g/mol. The number of likely N-dealkylation sites (N-methyl/N-ethyl adjacent to an activating group) is 1. The van der Waals surface area contributed by atoms with Crippen molar-refractivity contribution in [2.24, 2.45) is 4.99 Å². The van der Waals surface area contributed by atoms with E-state index in [4.69, 9.17) is 18.0 Å². The molecule has 7 nitrogen and oxygen atoms in total. The quantitative estimate of drug-likeness (QED) is 0.569. The molecule has 0 bridgehead atoms. The highest BCUT2D eigenvalue weighted by molar-refractivity contribution is 6.31. The number of hydrogen-bond donors (Lipinski definition) is 2. The molecule has 0 saturated carbocycles. The molecule has 0 radical (unpaired) electrons. The standard InChI is InChI=1S/C25H20ClN5O2/c1-3-16-4-11-22(28-15-16)30-25(33)20-14-19(26)9-10-21(20)29-24(32)18-7-5-17(6-8-18)23-27-12-13-31(23)2/h1,4-11,14-15H,12-13H2,2H3,(H,29,32)(H,28,30,33). The number of rotatable bonds is 5. The molecule has 0 spiro atoms. The van der Waals surface area contributed by atoms with Crippen LogP contribution in [0.4, 0.5) is 11.5 Å². The second-order valence-electron chi connectivity index (χ2n) is 7.38. The molecule has 2 aromatic carbocycles. The first-order chi connectivity index (χ1) is 15.9. The predicted octanol–water partition coefficient (Wildman–Crippen LogP) is 3.91. The minimum atomic E-state index is -0.466. The lowest BCUT2D eigenvalue weighted by Gasteiger charge is -2.14. The Bertz CT molecular complexity index is 1280. The van der Waals surface area contributed by atoms with Gasteiger partial charge in [-0.2, -0.15) is 0 Å². The molecule has 2 heterocycles. The van der Waals surface area contributed by atoms with Gasteiger partial charge in [-0.1, -0.05) is 29.7 Å². The Morgan fingerprint density at radius 3 is 2.48 bits per heavy atom. The molecule has 3 aromatic rings. The summed E-state index contributed by atoms with van der Waals surface area (Å²) in [5, 5.41) is 5.84. The minimum absolute atomic E-state index is 0.206. The summed E-state index contributed by atoms with van der Waals surface area (Å²) in [6, 6.07) is 15.1. The van der Waals surface area contributed by atoms with E-state index in [1.54, 1.807) is 36.4 Å². The van der Waals surface area contributed by atoms with E-state index in [9.17, 15) is 9.59 Å². The van der Waals surface area contributed by atoms with Crippen LogP contribution in [0.2, 0.25) is 5.02 Å². The van der Waals surface area contributed by atoms with Crippen LogP contribution in [0.1, 0.15) is 31.8 Å². The first kappa shape index (κ1) is 22.1. The summed E-state index contributed by atoms with van der Waals surface area (Å²) in [5.41, 5.74) is 2.53. The molecule has 2 amide bonds. The number of anilines is 2. The molecule has 1 aromatic heterocycles. The van der Waals surface area contributed by atoms with Gasteiger partial charge in [-0.15, -0.1) is 6.42 Å². The van der Waals surface area contributed by atoms with Crippen LogP contribution in [0.3, 0.4) is 0 Å². The van der Waals surface area contributed by atoms with Crippen LogP contribution in [-0.4, -0.2) is 47.7 Å². The van der Waals surface area contributed by atoms with Crippen LogP contribution in [-0.2, 0) is 0 Å². The summed E-state index contributed by atoms with van der Waals surface area (Å²) in [5.74, 6) is 2.88. The lowest BCUT2D eigenvalue weighted by atomic mass is 10.1. The number of terminal acetylenes is 1. The Balaban J connectivity index is 1.51. The number of aromatic nitrogens is 1. The molecule has 4 rings (SSSR count). The third-order valence-corrected chi connectivity index (χ3v) is 5.35. The van der Waals surface area contributed by atoms with Crippen LogP contribution in [0, 0.1) is 12.3 Å². The highest BCUT2D eigenvalue weighted by Gasteiger charge is 2.18. The molecule has 0 unspecified atom stereocenters. The van der Waals surface area contributed by atoms with E-state index in [0.717, 1.165) is 24.5 Å². The topological polar surface area (TPSA) is 86.7 Å². The number of carbonyl (C=O) groups excluding carboxylic acids is 2. The number of amidine groups is 1. The largest absolute Gasteiger partial charge is 0.358 e. The smallest absolute Gasteiger partial charge is 0.258 e. The lowest BCUT2D eigenvalue weighted by Crippen LogP contribution is -2.23. The van der Waals surface area contributed by atoms with Crippen LogP contribution in [0.15, 0.2) is 65.8 Å². The van der Waals surface area contributed by atoms with Gasteiger partial charge < -0.3 is 15.5 Å². The zero-order valence-corrected chi connectivity index (χ0v) is 18.6. The van der Waals surface area contributed by atoms with Gasteiger partial charge in [0.05, 0.1) is 17.8 Å². The Morgan fingerprint density at radius 1 is 1.06 bits per heavy atom. The highest BCUT2D eigenvalue weighted by atomic mass is 35.5. The number of carbonyl (C=O) groups is 2. The minimum Gasteiger partial charge on any atom is -0.358 e. The van der Waals surface area contributed by atoms with Gasteiger partial charge in [-0.25, -0.2) is 4.98 Å². The third kappa shape index (κ3) is 5.03. The Hall–Kier alpha value is -4.15. The van der Waals surface area contributed by atoms with Gasteiger partial charge in [-0.05, 0) is 42.5 Å². The summed E-state index contributed by atoms with van der Waals surface area (Å²) < 4.78 is 0. The second kappa shape index (κ2) is 9.55. The number of halogens is 1. The lowest BCUT2D eigenvalue weighted by molar-refractivity contribution is 0.102. The van der Waals surface area contributed by atoms with Gasteiger partial charge in [-0.3, -0.25) is 14.6 Å². The summed E-state index contributed by atoms with van der Waals surface area (Å²) in [6.45, 7) is 1.64. The van der Waals surface area contributed by atoms with E-state index in [1.165, 1.54) is 12.3 Å². The zero-order valence-electron chi connectivity index (χ0n) is 17.8. The van der Waals surface area contributed by atoms with Gasteiger partial charge in [0.25, 0.3) is 11.8 Å². The fourth-order valence-electron chi connectivity index (χ4n) is 3.36. The van der Waals surface area contributed by atoms with Gasteiger partial charge in [0.15, 0.2) is 0 Å². The molecule has 1 aliphatic rings. The summed E-state index contributed by atoms with van der Waals surface area (Å²) >= 11 is 6.10. The normalized spacial score (nSPS) is 12.6. The molecule has 33 heavy (non-hydrogen) atoms. The Morgan fingerprint density at radius 2 is 1.85 bits per heavy atom. The van der Waals surface area contributed by atoms with E-state index in [-0.39, 0.29) is 11.5 Å². The summed E-state index contributed by atoms with van der Waals surface area (Å²) in [7, 11) is 1.98. The fraction of sp³-hybridized carbons (Fsp3) is 0.120. The fourth-order valence-corrected chi connectivity index (χ4v) is 3.53. The average molecular weight is 458 g/mol. The average Bonchev–Trinajstić information content (AvgIpc) is 3.26. The zero-order chi connectivity index (χ0) is 23.4. The first-order valence-electron chi connectivity index (χ1n) is 10.2. The molecule has 1 aliphatic heterocycles. The van der Waals surface area contributed by atoms with E-state index in [0.29, 0.717) is 27.7 Å². The molecule has 2 N–H and O–H groups in total. The van der Waals surface area contributed by atoms with Crippen LogP contribution in [0.25, 0.3) is 0 Å². The van der Waals surface area contributed by atoms with Crippen molar-refractivity contribution in [3.8, 4) is 12.3 Å². The van der Waals surface area contributed by atoms with Crippen LogP contribution < -0.4 is 10.6 Å². The van der Waals surface area contributed by atoms with Crippen LogP contribution >= 0.6 is 11.6 Å². The molecular formula is C25H20ClN5O2. The number of nitrogens with zero attached hydrogens (tertiary/aromatic N) is 3. The molecule has 8 heteroatoms. The predicted molar refractivity (Wildman–Crippen MR) is 130 cm³/mol. The van der Waals surface area contributed by atoms with Gasteiger partial charge in [0, 0.05) is 41.5 Å². The number of nitrogens with one attached hydrogen (secondary N) is 2. The number of amides is 2. The number of benzene rings is 2. The number of hydrogen-bond acceptors (Lipinski definition) is 5. The second-order valence-corrected chi connectivity index (χ2v) is 7.82. The van der Waals surface area contributed by atoms with Crippen molar-refractivity contribution in [1.82, 2.24) is 9.88 Å². The van der Waals surface area contributed by atoms with Crippen molar-refractivity contribution in [2.75, 3.05) is 30.8 Å². The Labute approximate surface area is 196 Å². The van der Waals surface area contributed by atoms with Crippen molar-refractivity contribution in [3.05, 3.63) is 88.1 Å². The summed E-state index contributed by atoms with van der Waals surface area (Å²) in [6.07, 6.45) is 6.81. The van der Waals surface area contributed by atoms with Crippen molar-refractivity contribution in [2.45, 2.75) is 0 Å². The van der Waals surface area contributed by atoms with Crippen LogP contribution in [0.5, 0.6) is 0 Å². The molecule has 0 aliphatic carbocycles. The molecule has 0 saturated heterocycles. The van der Waals surface area contributed by atoms with E-state index < -0.39 is 5.91 Å².